The number of ether oxygens (including phenoxy) is 1. The quantitative estimate of drug-likeness (QED) is 0.361. The van der Waals surface area contributed by atoms with Crippen LogP contribution in [0.1, 0.15) is 23.7 Å². The van der Waals surface area contributed by atoms with Crippen LogP contribution in [-0.2, 0) is 9.59 Å². The lowest BCUT2D eigenvalue weighted by atomic mass is 10.2. The molecule has 29 heavy (non-hydrogen) atoms. The van der Waals surface area contributed by atoms with Crippen LogP contribution in [-0.4, -0.2) is 30.0 Å². The largest absolute Gasteiger partial charge is 0.483 e. The first-order valence-electron chi connectivity index (χ1n) is 8.34. The molecule has 0 bridgehead atoms. The van der Waals surface area contributed by atoms with Crippen molar-refractivity contribution in [3.05, 3.63) is 57.0 Å². The molecule has 0 saturated carbocycles. The molecular formula is C19H18Br2N4O4. The van der Waals surface area contributed by atoms with E-state index in [-0.39, 0.29) is 18.9 Å². The SMILES string of the molecule is C/C(CC(=O)Nc1ccc(C(N)=O)cc1)=N\NC(=O)COc1ccc(Br)cc1Br. The second-order valence-electron chi connectivity index (χ2n) is 5.91. The first kappa shape index (κ1) is 22.6. The molecule has 0 aliphatic rings. The maximum atomic E-state index is 12.0. The van der Waals surface area contributed by atoms with Crippen LogP contribution in [0.15, 0.2) is 56.5 Å². The van der Waals surface area contributed by atoms with Gasteiger partial charge in [0.2, 0.25) is 11.8 Å². The molecule has 0 aliphatic carbocycles. The van der Waals surface area contributed by atoms with Crippen LogP contribution < -0.4 is 21.2 Å². The molecule has 0 unspecified atom stereocenters. The summed E-state index contributed by atoms with van der Waals surface area (Å²) in [6, 6.07) is 11.5. The molecule has 0 spiro atoms. The highest BCUT2D eigenvalue weighted by molar-refractivity contribution is 9.11. The fourth-order valence-electron chi connectivity index (χ4n) is 2.12. The Morgan fingerprint density at radius 3 is 2.38 bits per heavy atom. The molecule has 10 heteroatoms. The van der Waals surface area contributed by atoms with Gasteiger partial charge >= 0.3 is 0 Å². The number of nitrogens with one attached hydrogen (secondary N) is 2. The van der Waals surface area contributed by atoms with Gasteiger partial charge in [0, 0.05) is 21.4 Å². The van der Waals surface area contributed by atoms with Crippen molar-refractivity contribution in [2.75, 3.05) is 11.9 Å². The van der Waals surface area contributed by atoms with E-state index in [0.717, 1.165) is 4.47 Å². The Kier molecular flexibility index (Phi) is 8.34. The third-order valence-corrected chi connectivity index (χ3v) is 4.61. The number of halogens is 2. The van der Waals surface area contributed by atoms with Gasteiger partial charge < -0.3 is 15.8 Å². The van der Waals surface area contributed by atoms with Crippen molar-refractivity contribution in [3.8, 4) is 5.75 Å². The summed E-state index contributed by atoms with van der Waals surface area (Å²) in [7, 11) is 0. The molecular weight excluding hydrogens is 508 g/mol. The van der Waals surface area contributed by atoms with Gasteiger partial charge in [-0.1, -0.05) is 15.9 Å². The number of nitrogens with two attached hydrogens (primary N) is 1. The van der Waals surface area contributed by atoms with Crippen LogP contribution in [0, 0.1) is 0 Å². The van der Waals surface area contributed by atoms with Gasteiger partial charge in [0.25, 0.3) is 5.91 Å². The molecule has 8 nitrogen and oxygen atoms in total. The summed E-state index contributed by atoms with van der Waals surface area (Å²) in [5.74, 6) is -0.798. The van der Waals surface area contributed by atoms with E-state index in [2.05, 4.69) is 47.7 Å². The van der Waals surface area contributed by atoms with E-state index < -0.39 is 11.8 Å². The molecule has 0 fully saturated rings. The van der Waals surface area contributed by atoms with E-state index >= 15 is 0 Å². The van der Waals surface area contributed by atoms with Crippen LogP contribution in [0.3, 0.4) is 0 Å². The average molecular weight is 526 g/mol. The number of hydrogen-bond donors (Lipinski definition) is 3. The van der Waals surface area contributed by atoms with Crippen LogP contribution >= 0.6 is 31.9 Å². The van der Waals surface area contributed by atoms with E-state index in [1.54, 1.807) is 37.3 Å². The molecule has 0 heterocycles. The molecule has 0 aliphatic heterocycles. The Morgan fingerprint density at radius 2 is 1.76 bits per heavy atom. The molecule has 0 aromatic heterocycles. The highest BCUT2D eigenvalue weighted by atomic mass is 79.9. The van der Waals surface area contributed by atoms with Gasteiger partial charge in [-0.05, 0) is 65.3 Å². The Balaban J connectivity index is 1.78. The first-order chi connectivity index (χ1) is 13.7. The Labute approximate surface area is 184 Å². The van der Waals surface area contributed by atoms with Gasteiger partial charge in [0.1, 0.15) is 5.75 Å². The number of nitrogens with zero attached hydrogens (tertiary/aromatic N) is 1. The van der Waals surface area contributed by atoms with Crippen LogP contribution in [0.5, 0.6) is 5.75 Å². The lowest BCUT2D eigenvalue weighted by molar-refractivity contribution is -0.123. The predicted octanol–water partition coefficient (Wildman–Crippen LogP) is 3.21. The van der Waals surface area contributed by atoms with Gasteiger partial charge in [-0.2, -0.15) is 5.10 Å². The molecule has 0 saturated heterocycles. The summed E-state index contributed by atoms with van der Waals surface area (Å²) >= 11 is 6.68. The minimum Gasteiger partial charge on any atom is -0.483 e. The van der Waals surface area contributed by atoms with Crippen LogP contribution in [0.25, 0.3) is 0 Å². The zero-order chi connectivity index (χ0) is 21.4. The Bertz CT molecular complexity index is 946. The number of amides is 3. The minimum atomic E-state index is -0.543. The predicted molar refractivity (Wildman–Crippen MR) is 117 cm³/mol. The van der Waals surface area contributed by atoms with Crippen molar-refractivity contribution in [2.24, 2.45) is 10.8 Å². The van der Waals surface area contributed by atoms with Gasteiger partial charge in [-0.15, -0.1) is 0 Å². The molecule has 0 radical (unpaired) electrons. The lowest BCUT2D eigenvalue weighted by Gasteiger charge is -2.08. The summed E-state index contributed by atoms with van der Waals surface area (Å²) in [6.45, 7) is 1.39. The molecule has 3 amide bonds. The molecule has 152 valence electrons. The molecule has 2 aromatic rings. The van der Waals surface area contributed by atoms with Crippen molar-refractivity contribution in [3.63, 3.8) is 0 Å². The van der Waals surface area contributed by atoms with Gasteiger partial charge in [0.15, 0.2) is 6.61 Å². The van der Waals surface area contributed by atoms with Crippen molar-refractivity contribution in [1.29, 1.82) is 0 Å². The fourth-order valence-corrected chi connectivity index (χ4v) is 3.28. The third kappa shape index (κ3) is 7.66. The van der Waals surface area contributed by atoms with Crippen molar-refractivity contribution in [1.82, 2.24) is 5.43 Å². The molecule has 0 atom stereocenters. The summed E-state index contributed by atoms with van der Waals surface area (Å²) in [4.78, 5) is 34.9. The van der Waals surface area contributed by atoms with Crippen LogP contribution in [0.4, 0.5) is 5.69 Å². The van der Waals surface area contributed by atoms with Crippen molar-refractivity contribution < 1.29 is 19.1 Å². The topological polar surface area (TPSA) is 123 Å². The zero-order valence-corrected chi connectivity index (χ0v) is 18.5. The number of rotatable bonds is 8. The average Bonchev–Trinajstić information content (AvgIpc) is 2.66. The fraction of sp³-hybridized carbons (Fsp3) is 0.158. The highest BCUT2D eigenvalue weighted by Crippen LogP contribution is 2.28. The van der Waals surface area contributed by atoms with E-state index in [0.29, 0.717) is 27.2 Å². The number of carbonyl (C=O) groups is 3. The Hall–Kier alpha value is -2.72. The number of hydrogen-bond acceptors (Lipinski definition) is 5. The number of benzene rings is 2. The number of anilines is 1. The highest BCUT2D eigenvalue weighted by Gasteiger charge is 2.08. The zero-order valence-electron chi connectivity index (χ0n) is 15.4. The van der Waals surface area contributed by atoms with Gasteiger partial charge in [-0.3, -0.25) is 14.4 Å². The van der Waals surface area contributed by atoms with Crippen molar-refractivity contribution >= 4 is 61.0 Å². The Morgan fingerprint density at radius 1 is 1.07 bits per heavy atom. The standard InChI is InChI=1S/C19H18Br2N4O4/c1-11(8-17(26)23-14-5-2-12(3-6-14)19(22)28)24-25-18(27)10-29-16-7-4-13(20)9-15(16)21/h2-7,9H,8,10H2,1H3,(H2,22,28)(H,23,26)(H,25,27)/b24-11+. The normalized spacial score (nSPS) is 10.9. The maximum Gasteiger partial charge on any atom is 0.277 e. The smallest absolute Gasteiger partial charge is 0.277 e. The minimum absolute atomic E-state index is 0.0169. The number of primary amides is 1. The lowest BCUT2D eigenvalue weighted by Crippen LogP contribution is -2.26. The molecule has 2 rings (SSSR count). The van der Waals surface area contributed by atoms with Crippen molar-refractivity contribution in [2.45, 2.75) is 13.3 Å². The summed E-state index contributed by atoms with van der Waals surface area (Å²) < 4.78 is 7.00. The second-order valence-corrected chi connectivity index (χ2v) is 7.68. The van der Waals surface area contributed by atoms with E-state index in [9.17, 15) is 14.4 Å². The summed E-state index contributed by atoms with van der Waals surface area (Å²) in [5, 5.41) is 6.55. The second kappa shape index (κ2) is 10.7. The van der Waals surface area contributed by atoms with Gasteiger partial charge in [-0.25, -0.2) is 5.43 Å². The summed E-state index contributed by atoms with van der Waals surface area (Å²) in [6.07, 6.45) is -0.0169. The molecule has 4 N–H and O–H groups in total. The monoisotopic (exact) mass is 524 g/mol. The van der Waals surface area contributed by atoms with Crippen LogP contribution in [0.2, 0.25) is 0 Å². The first-order valence-corrected chi connectivity index (χ1v) is 9.93. The summed E-state index contributed by atoms with van der Waals surface area (Å²) in [5.41, 5.74) is 8.79. The van der Waals surface area contributed by atoms with E-state index in [1.807, 2.05) is 0 Å². The van der Waals surface area contributed by atoms with E-state index in [4.69, 9.17) is 10.5 Å². The third-order valence-electron chi connectivity index (χ3n) is 3.49. The number of hydrazone groups is 1. The molecule has 2 aromatic carbocycles. The van der Waals surface area contributed by atoms with E-state index in [1.165, 1.54) is 12.1 Å². The number of carbonyl (C=O) groups excluding carboxylic acids is 3. The van der Waals surface area contributed by atoms with Gasteiger partial charge in [0.05, 0.1) is 10.9 Å². The maximum absolute atomic E-state index is 12.0.